The van der Waals surface area contributed by atoms with E-state index in [0.29, 0.717) is 33.8 Å². The lowest BCUT2D eigenvalue weighted by Crippen LogP contribution is -2.12. The predicted molar refractivity (Wildman–Crippen MR) is 111 cm³/mol. The van der Waals surface area contributed by atoms with E-state index in [1.54, 1.807) is 18.2 Å². The lowest BCUT2D eigenvalue weighted by molar-refractivity contribution is 0.102. The molecule has 2 N–H and O–H groups in total. The van der Waals surface area contributed by atoms with Gasteiger partial charge in [0.25, 0.3) is 5.91 Å². The average molecular weight is 412 g/mol. The number of amides is 1. The Morgan fingerprint density at radius 2 is 1.75 bits per heavy atom. The van der Waals surface area contributed by atoms with Crippen LogP contribution in [0.15, 0.2) is 66.7 Å². The van der Waals surface area contributed by atoms with Gasteiger partial charge < -0.3 is 10.1 Å². The van der Waals surface area contributed by atoms with Crippen LogP contribution in [0.4, 0.5) is 5.82 Å². The van der Waals surface area contributed by atoms with Crippen LogP contribution in [-0.4, -0.2) is 16.1 Å². The Morgan fingerprint density at radius 1 is 1.00 bits per heavy atom. The van der Waals surface area contributed by atoms with E-state index in [9.17, 15) is 4.79 Å². The van der Waals surface area contributed by atoms with Crippen molar-refractivity contribution < 1.29 is 9.53 Å². The third-order valence-corrected chi connectivity index (χ3v) is 4.58. The van der Waals surface area contributed by atoms with Crippen LogP contribution in [0.2, 0.25) is 10.0 Å². The minimum Gasteiger partial charge on any atom is -0.489 e. The first kappa shape index (κ1) is 18.3. The van der Waals surface area contributed by atoms with E-state index in [4.69, 9.17) is 27.9 Å². The number of carbonyl (C=O) groups excluding carboxylic acids is 1. The number of anilines is 1. The van der Waals surface area contributed by atoms with Gasteiger partial charge in [-0.25, -0.2) is 0 Å². The molecule has 0 bridgehead atoms. The molecule has 3 aromatic carbocycles. The molecule has 0 aliphatic heterocycles. The summed E-state index contributed by atoms with van der Waals surface area (Å²) in [5, 5.41) is 11.4. The van der Waals surface area contributed by atoms with Gasteiger partial charge in [0.05, 0.1) is 5.52 Å². The lowest BCUT2D eigenvalue weighted by atomic mass is 10.2. The van der Waals surface area contributed by atoms with Crippen molar-refractivity contribution in [1.29, 1.82) is 0 Å². The van der Waals surface area contributed by atoms with Gasteiger partial charge in [0.1, 0.15) is 12.4 Å². The number of fused-ring (bicyclic) bond motifs is 1. The topological polar surface area (TPSA) is 67.0 Å². The quantitative estimate of drug-likeness (QED) is 0.442. The van der Waals surface area contributed by atoms with Crippen LogP contribution in [0, 0.1) is 0 Å². The Morgan fingerprint density at radius 3 is 2.50 bits per heavy atom. The van der Waals surface area contributed by atoms with Gasteiger partial charge in [0, 0.05) is 27.1 Å². The lowest BCUT2D eigenvalue weighted by Gasteiger charge is -2.07. The van der Waals surface area contributed by atoms with Gasteiger partial charge in [-0.1, -0.05) is 53.5 Å². The first-order chi connectivity index (χ1) is 13.6. The fraction of sp³-hybridized carbons (Fsp3) is 0.0476. The van der Waals surface area contributed by atoms with E-state index in [1.165, 1.54) is 0 Å². The van der Waals surface area contributed by atoms with Crippen molar-refractivity contribution in [3.8, 4) is 5.75 Å². The van der Waals surface area contributed by atoms with Gasteiger partial charge in [-0.2, -0.15) is 5.10 Å². The van der Waals surface area contributed by atoms with E-state index in [0.717, 1.165) is 16.5 Å². The van der Waals surface area contributed by atoms with Crippen molar-refractivity contribution in [3.63, 3.8) is 0 Å². The first-order valence-corrected chi connectivity index (χ1v) is 9.26. The van der Waals surface area contributed by atoms with E-state index in [2.05, 4.69) is 15.5 Å². The highest BCUT2D eigenvalue weighted by atomic mass is 35.5. The molecule has 0 saturated heterocycles. The van der Waals surface area contributed by atoms with Gasteiger partial charge >= 0.3 is 0 Å². The number of hydrogen-bond acceptors (Lipinski definition) is 3. The zero-order valence-electron chi connectivity index (χ0n) is 14.6. The maximum atomic E-state index is 12.5. The molecule has 140 valence electrons. The number of nitrogens with zero attached hydrogens (tertiary/aromatic N) is 1. The number of halogens is 2. The SMILES string of the molecule is O=C(Nc1n[nH]c2cc(OCc3ccccc3)ccc12)c1cc(Cl)cc(Cl)c1. The van der Waals surface area contributed by atoms with Gasteiger partial charge in [0.2, 0.25) is 0 Å². The van der Waals surface area contributed by atoms with E-state index < -0.39 is 0 Å². The Bertz CT molecular complexity index is 1120. The number of nitrogens with one attached hydrogen (secondary N) is 2. The summed E-state index contributed by atoms with van der Waals surface area (Å²) in [7, 11) is 0. The summed E-state index contributed by atoms with van der Waals surface area (Å²) in [6.07, 6.45) is 0. The standard InChI is InChI=1S/C21H15Cl2N3O2/c22-15-8-14(9-16(23)10-15)21(27)24-20-18-7-6-17(11-19(18)25-26-20)28-12-13-4-2-1-3-5-13/h1-11H,12H2,(H2,24,25,26,27). The first-order valence-electron chi connectivity index (χ1n) is 8.51. The van der Waals surface area contributed by atoms with E-state index in [-0.39, 0.29) is 5.91 Å². The number of hydrogen-bond donors (Lipinski definition) is 2. The largest absolute Gasteiger partial charge is 0.489 e. The number of ether oxygens (including phenoxy) is 1. The average Bonchev–Trinajstić information content (AvgIpc) is 3.08. The van der Waals surface area contributed by atoms with Gasteiger partial charge in [-0.3, -0.25) is 9.89 Å². The maximum Gasteiger partial charge on any atom is 0.256 e. The van der Waals surface area contributed by atoms with Crippen molar-refractivity contribution in [2.45, 2.75) is 6.61 Å². The Kier molecular flexibility index (Phi) is 5.19. The fourth-order valence-electron chi connectivity index (χ4n) is 2.79. The molecule has 4 aromatic rings. The van der Waals surface area contributed by atoms with Crippen molar-refractivity contribution in [3.05, 3.63) is 87.9 Å². The summed E-state index contributed by atoms with van der Waals surface area (Å²) in [5.41, 5.74) is 2.20. The number of carbonyl (C=O) groups is 1. The minimum absolute atomic E-state index is 0.345. The van der Waals surface area contributed by atoms with Crippen LogP contribution in [0.5, 0.6) is 5.75 Å². The van der Waals surface area contributed by atoms with Crippen LogP contribution in [-0.2, 0) is 6.61 Å². The molecule has 0 radical (unpaired) electrons. The monoisotopic (exact) mass is 411 g/mol. The number of rotatable bonds is 5. The normalized spacial score (nSPS) is 10.8. The molecule has 0 atom stereocenters. The summed E-state index contributed by atoms with van der Waals surface area (Å²) in [4.78, 5) is 12.5. The molecule has 0 unspecified atom stereocenters. The molecule has 0 fully saturated rings. The summed E-state index contributed by atoms with van der Waals surface area (Å²) in [6.45, 7) is 0.472. The molecule has 0 aliphatic carbocycles. The van der Waals surface area contributed by atoms with Crippen LogP contribution in [0.25, 0.3) is 10.9 Å². The maximum absolute atomic E-state index is 12.5. The molecule has 1 heterocycles. The van der Waals surface area contributed by atoms with E-state index >= 15 is 0 Å². The summed E-state index contributed by atoms with van der Waals surface area (Å²) in [5.74, 6) is 0.785. The molecule has 1 amide bonds. The van der Waals surface area contributed by atoms with Gasteiger partial charge in [0.15, 0.2) is 5.82 Å². The van der Waals surface area contributed by atoms with Crippen LogP contribution < -0.4 is 10.1 Å². The number of aromatic nitrogens is 2. The molecule has 0 spiro atoms. The third kappa shape index (κ3) is 4.11. The molecule has 4 rings (SSSR count). The van der Waals surface area contributed by atoms with Crippen LogP contribution in [0.1, 0.15) is 15.9 Å². The number of aromatic amines is 1. The molecule has 0 aliphatic rings. The second-order valence-electron chi connectivity index (χ2n) is 6.17. The number of benzene rings is 3. The molecule has 5 nitrogen and oxygen atoms in total. The minimum atomic E-state index is -0.345. The fourth-order valence-corrected chi connectivity index (χ4v) is 3.32. The smallest absolute Gasteiger partial charge is 0.256 e. The second kappa shape index (κ2) is 7.92. The Labute approximate surface area is 171 Å². The van der Waals surface area contributed by atoms with Crippen LogP contribution >= 0.6 is 23.2 Å². The Hall–Kier alpha value is -3.02. The predicted octanol–water partition coefficient (Wildman–Crippen LogP) is 5.70. The molecule has 28 heavy (non-hydrogen) atoms. The zero-order valence-corrected chi connectivity index (χ0v) is 16.1. The molecular weight excluding hydrogens is 397 g/mol. The molecule has 0 saturated carbocycles. The third-order valence-electron chi connectivity index (χ3n) is 4.14. The van der Waals surface area contributed by atoms with Gasteiger partial charge in [-0.05, 0) is 35.9 Å². The van der Waals surface area contributed by atoms with Crippen molar-refractivity contribution in [1.82, 2.24) is 10.2 Å². The van der Waals surface area contributed by atoms with Crippen molar-refractivity contribution in [2.24, 2.45) is 0 Å². The van der Waals surface area contributed by atoms with Crippen molar-refractivity contribution >= 4 is 45.8 Å². The zero-order chi connectivity index (χ0) is 19.5. The summed E-state index contributed by atoms with van der Waals surface area (Å²) >= 11 is 11.9. The van der Waals surface area contributed by atoms with Crippen molar-refractivity contribution in [2.75, 3.05) is 5.32 Å². The molecule has 1 aromatic heterocycles. The Balaban J connectivity index is 1.50. The highest BCUT2D eigenvalue weighted by Gasteiger charge is 2.13. The summed E-state index contributed by atoms with van der Waals surface area (Å²) < 4.78 is 5.82. The van der Waals surface area contributed by atoms with Gasteiger partial charge in [-0.15, -0.1) is 0 Å². The summed E-state index contributed by atoms with van der Waals surface area (Å²) in [6, 6.07) is 20.1. The van der Waals surface area contributed by atoms with Crippen LogP contribution in [0.3, 0.4) is 0 Å². The second-order valence-corrected chi connectivity index (χ2v) is 7.04. The molecule has 7 heteroatoms. The van der Waals surface area contributed by atoms with E-state index in [1.807, 2.05) is 48.5 Å². The highest BCUT2D eigenvalue weighted by molar-refractivity contribution is 6.35. The number of H-pyrrole nitrogens is 1. The highest BCUT2D eigenvalue weighted by Crippen LogP contribution is 2.26. The molecular formula is C21H15Cl2N3O2.